The lowest BCUT2D eigenvalue weighted by atomic mass is 10.1. The number of unbranched alkanes of at least 4 members (excludes halogenated alkanes) is 9. The van der Waals surface area contributed by atoms with Crippen LogP contribution >= 0.6 is 0 Å². The van der Waals surface area contributed by atoms with E-state index in [1.54, 1.807) is 0 Å². The fourth-order valence-electron chi connectivity index (χ4n) is 2.40. The van der Waals surface area contributed by atoms with Gasteiger partial charge in [0.05, 0.1) is 0 Å². The summed E-state index contributed by atoms with van der Waals surface area (Å²) in [6, 6.07) is 0. The largest absolute Gasteiger partial charge is 0.381 e. The third-order valence-corrected chi connectivity index (χ3v) is 3.81. The second-order valence-corrected chi connectivity index (χ2v) is 6.04. The van der Waals surface area contributed by atoms with Crippen molar-refractivity contribution < 1.29 is 9.47 Å². The van der Waals surface area contributed by atoms with E-state index in [0.29, 0.717) is 0 Å². The Morgan fingerprint density at radius 1 is 0.364 bits per heavy atom. The first-order valence-corrected chi connectivity index (χ1v) is 9.47. The minimum atomic E-state index is 0.737. The third-order valence-electron chi connectivity index (χ3n) is 3.81. The van der Waals surface area contributed by atoms with Gasteiger partial charge in [-0.25, -0.2) is 0 Å². The van der Waals surface area contributed by atoms with Gasteiger partial charge in [0, 0.05) is 26.4 Å². The molecular weight excluding hydrogens is 276 g/mol. The van der Waals surface area contributed by atoms with Crippen molar-refractivity contribution in [1.29, 1.82) is 0 Å². The SMILES string of the molecule is NCCCOCCCCCCCCCCCCOCCCN. The quantitative estimate of drug-likeness (QED) is 0.357. The molecule has 0 aromatic rings. The third kappa shape index (κ3) is 19.8. The van der Waals surface area contributed by atoms with E-state index in [0.717, 1.165) is 52.4 Å². The first kappa shape index (κ1) is 21.8. The van der Waals surface area contributed by atoms with Crippen molar-refractivity contribution in [2.45, 2.75) is 77.0 Å². The normalized spacial score (nSPS) is 11.2. The van der Waals surface area contributed by atoms with Gasteiger partial charge in [-0.05, 0) is 38.8 Å². The molecule has 0 saturated heterocycles. The predicted octanol–water partition coefficient (Wildman–Crippen LogP) is 3.62. The van der Waals surface area contributed by atoms with E-state index >= 15 is 0 Å². The van der Waals surface area contributed by atoms with Crippen LogP contribution in [0.25, 0.3) is 0 Å². The Labute approximate surface area is 138 Å². The fraction of sp³-hybridized carbons (Fsp3) is 1.00. The van der Waals surface area contributed by atoms with Crippen LogP contribution in [0, 0.1) is 0 Å². The van der Waals surface area contributed by atoms with Gasteiger partial charge < -0.3 is 20.9 Å². The second kappa shape index (κ2) is 20.8. The summed E-state index contributed by atoms with van der Waals surface area (Å²) in [5.41, 5.74) is 10.8. The van der Waals surface area contributed by atoms with E-state index in [4.69, 9.17) is 20.9 Å². The zero-order valence-electron chi connectivity index (χ0n) is 14.7. The van der Waals surface area contributed by atoms with Gasteiger partial charge in [-0.2, -0.15) is 0 Å². The molecule has 0 aromatic heterocycles. The van der Waals surface area contributed by atoms with E-state index in [-0.39, 0.29) is 0 Å². The minimum absolute atomic E-state index is 0.737. The average Bonchev–Trinajstić information content (AvgIpc) is 2.54. The van der Waals surface area contributed by atoms with Gasteiger partial charge in [-0.15, -0.1) is 0 Å². The maximum atomic E-state index is 5.49. The summed E-state index contributed by atoms with van der Waals surface area (Å²) in [7, 11) is 0. The van der Waals surface area contributed by atoms with Crippen LogP contribution in [-0.2, 0) is 9.47 Å². The zero-order chi connectivity index (χ0) is 16.1. The molecule has 4 nitrogen and oxygen atoms in total. The summed E-state index contributed by atoms with van der Waals surface area (Å²) in [4.78, 5) is 0. The number of hydrogen-bond acceptors (Lipinski definition) is 4. The van der Waals surface area contributed by atoms with Crippen LogP contribution in [0.3, 0.4) is 0 Å². The van der Waals surface area contributed by atoms with E-state index in [1.165, 1.54) is 64.2 Å². The van der Waals surface area contributed by atoms with Crippen molar-refractivity contribution in [3.8, 4) is 0 Å². The first-order chi connectivity index (χ1) is 10.9. The van der Waals surface area contributed by atoms with Crippen LogP contribution in [0.1, 0.15) is 77.0 Å². The number of nitrogens with two attached hydrogens (primary N) is 2. The zero-order valence-corrected chi connectivity index (χ0v) is 14.7. The highest BCUT2D eigenvalue weighted by Gasteiger charge is 1.94. The van der Waals surface area contributed by atoms with Gasteiger partial charge in [0.25, 0.3) is 0 Å². The lowest BCUT2D eigenvalue weighted by Crippen LogP contribution is -2.05. The molecule has 4 heteroatoms. The molecular formula is C18H40N2O2. The summed E-state index contributed by atoms with van der Waals surface area (Å²) in [5.74, 6) is 0. The topological polar surface area (TPSA) is 70.5 Å². The van der Waals surface area contributed by atoms with Crippen molar-refractivity contribution in [3.05, 3.63) is 0 Å². The minimum Gasteiger partial charge on any atom is -0.381 e. The summed E-state index contributed by atoms with van der Waals surface area (Å²) < 4.78 is 11.0. The average molecular weight is 317 g/mol. The Morgan fingerprint density at radius 2 is 0.636 bits per heavy atom. The monoisotopic (exact) mass is 316 g/mol. The molecule has 134 valence electrons. The molecule has 0 heterocycles. The van der Waals surface area contributed by atoms with Gasteiger partial charge in [-0.1, -0.05) is 51.4 Å². The van der Waals surface area contributed by atoms with Crippen molar-refractivity contribution in [3.63, 3.8) is 0 Å². The fourth-order valence-corrected chi connectivity index (χ4v) is 2.40. The van der Waals surface area contributed by atoms with Crippen molar-refractivity contribution >= 4 is 0 Å². The number of rotatable bonds is 19. The predicted molar refractivity (Wildman–Crippen MR) is 95.2 cm³/mol. The van der Waals surface area contributed by atoms with E-state index in [1.807, 2.05) is 0 Å². The Kier molecular flexibility index (Phi) is 20.7. The molecule has 0 fully saturated rings. The van der Waals surface area contributed by atoms with Crippen LogP contribution in [0.5, 0.6) is 0 Å². The molecule has 0 aromatic carbocycles. The second-order valence-electron chi connectivity index (χ2n) is 6.04. The molecule has 0 unspecified atom stereocenters. The summed E-state index contributed by atoms with van der Waals surface area (Å²) in [5, 5.41) is 0. The lowest BCUT2D eigenvalue weighted by Gasteiger charge is -2.05. The van der Waals surface area contributed by atoms with Crippen LogP contribution in [-0.4, -0.2) is 39.5 Å². The smallest absolute Gasteiger partial charge is 0.0478 e. The Hall–Kier alpha value is -0.160. The Balaban J connectivity index is 2.91. The molecule has 0 rings (SSSR count). The first-order valence-electron chi connectivity index (χ1n) is 9.47. The Bertz CT molecular complexity index is 172. The van der Waals surface area contributed by atoms with Crippen molar-refractivity contribution in [2.75, 3.05) is 39.5 Å². The van der Waals surface area contributed by atoms with Crippen LogP contribution in [0.2, 0.25) is 0 Å². The molecule has 0 spiro atoms. The number of hydrogen-bond donors (Lipinski definition) is 2. The molecule has 0 atom stereocenters. The van der Waals surface area contributed by atoms with Gasteiger partial charge in [-0.3, -0.25) is 0 Å². The molecule has 0 aliphatic rings. The maximum absolute atomic E-state index is 5.49. The molecule has 0 aliphatic carbocycles. The van der Waals surface area contributed by atoms with Crippen molar-refractivity contribution in [1.82, 2.24) is 0 Å². The lowest BCUT2D eigenvalue weighted by molar-refractivity contribution is 0.128. The summed E-state index contributed by atoms with van der Waals surface area (Å²) >= 11 is 0. The Morgan fingerprint density at radius 3 is 0.955 bits per heavy atom. The maximum Gasteiger partial charge on any atom is 0.0478 e. The van der Waals surface area contributed by atoms with Gasteiger partial charge in [0.2, 0.25) is 0 Å². The molecule has 0 amide bonds. The van der Waals surface area contributed by atoms with E-state index in [9.17, 15) is 0 Å². The van der Waals surface area contributed by atoms with Crippen LogP contribution < -0.4 is 11.5 Å². The summed E-state index contributed by atoms with van der Waals surface area (Å²) in [6.45, 7) is 4.95. The molecule has 4 N–H and O–H groups in total. The molecule has 0 radical (unpaired) electrons. The highest BCUT2D eigenvalue weighted by molar-refractivity contribution is 4.48. The summed E-state index contributed by atoms with van der Waals surface area (Å²) in [6.07, 6.45) is 15.2. The van der Waals surface area contributed by atoms with Crippen LogP contribution in [0.15, 0.2) is 0 Å². The van der Waals surface area contributed by atoms with Gasteiger partial charge >= 0.3 is 0 Å². The molecule has 22 heavy (non-hydrogen) atoms. The highest BCUT2D eigenvalue weighted by Crippen LogP contribution is 2.10. The van der Waals surface area contributed by atoms with Crippen LogP contribution in [0.4, 0.5) is 0 Å². The van der Waals surface area contributed by atoms with Crippen molar-refractivity contribution in [2.24, 2.45) is 11.5 Å². The standard InChI is InChI=1S/C18H40N2O2/c19-13-11-17-21-15-9-7-5-3-1-2-4-6-8-10-16-22-18-12-14-20/h1-20H2. The van der Waals surface area contributed by atoms with E-state index < -0.39 is 0 Å². The van der Waals surface area contributed by atoms with E-state index in [2.05, 4.69) is 0 Å². The highest BCUT2D eigenvalue weighted by atomic mass is 16.5. The van der Waals surface area contributed by atoms with Gasteiger partial charge in [0.15, 0.2) is 0 Å². The number of ether oxygens (including phenoxy) is 2. The van der Waals surface area contributed by atoms with Gasteiger partial charge in [0.1, 0.15) is 0 Å². The molecule has 0 bridgehead atoms. The molecule has 0 aliphatic heterocycles. The molecule has 0 saturated carbocycles.